The van der Waals surface area contributed by atoms with Gasteiger partial charge in [0.25, 0.3) is 5.91 Å². The SMILES string of the molecule is CNc1cc(F)ccc1C(=N)c1cnc2c(n1)c(C(=O)NC(C)c1cccc(OC(F)(F)F)c1)cn2SF. The van der Waals surface area contributed by atoms with Crippen molar-refractivity contribution in [1.82, 2.24) is 19.3 Å². The molecule has 8 nitrogen and oxygen atoms in total. The number of alkyl halides is 3. The van der Waals surface area contributed by atoms with Gasteiger partial charge >= 0.3 is 6.36 Å². The molecule has 2 aromatic heterocycles. The number of carbonyl (C=O) groups excluding carboxylic acids is 1. The van der Waals surface area contributed by atoms with Crippen LogP contribution >= 0.6 is 12.3 Å². The van der Waals surface area contributed by atoms with Crippen molar-refractivity contribution >= 4 is 40.8 Å². The van der Waals surface area contributed by atoms with Gasteiger partial charge in [0.15, 0.2) is 18.0 Å². The van der Waals surface area contributed by atoms with Crippen molar-refractivity contribution in [2.75, 3.05) is 12.4 Å². The maximum Gasteiger partial charge on any atom is 0.573 e. The molecule has 0 bridgehead atoms. The Labute approximate surface area is 217 Å². The molecule has 4 aromatic rings. The lowest BCUT2D eigenvalue weighted by atomic mass is 10.0. The van der Waals surface area contributed by atoms with Crippen LogP contribution in [0.15, 0.2) is 54.9 Å². The van der Waals surface area contributed by atoms with Gasteiger partial charge in [-0.1, -0.05) is 12.1 Å². The van der Waals surface area contributed by atoms with E-state index in [4.69, 9.17) is 5.41 Å². The van der Waals surface area contributed by atoms with Crippen LogP contribution in [0.4, 0.5) is 27.1 Å². The Kier molecular flexibility index (Phi) is 7.53. The van der Waals surface area contributed by atoms with Crippen molar-refractivity contribution < 1.29 is 31.0 Å². The van der Waals surface area contributed by atoms with Crippen LogP contribution in [0.3, 0.4) is 0 Å². The summed E-state index contributed by atoms with van der Waals surface area (Å²) < 4.78 is 69.8. The molecule has 0 fully saturated rings. The lowest BCUT2D eigenvalue weighted by Gasteiger charge is -2.16. The number of amides is 1. The van der Waals surface area contributed by atoms with Gasteiger partial charge in [0.1, 0.15) is 22.8 Å². The number of hydrogen-bond acceptors (Lipinski definition) is 7. The van der Waals surface area contributed by atoms with Crippen molar-refractivity contribution in [1.29, 1.82) is 5.41 Å². The van der Waals surface area contributed by atoms with Crippen LogP contribution in [0.25, 0.3) is 11.2 Å². The summed E-state index contributed by atoms with van der Waals surface area (Å²) in [5, 5.41) is 14.0. The van der Waals surface area contributed by atoms with Gasteiger partial charge in [-0.3, -0.25) is 10.2 Å². The van der Waals surface area contributed by atoms with Crippen LogP contribution in [-0.2, 0) is 0 Å². The first-order chi connectivity index (χ1) is 18.0. The van der Waals surface area contributed by atoms with Crippen LogP contribution in [0.2, 0.25) is 0 Å². The zero-order chi connectivity index (χ0) is 27.6. The van der Waals surface area contributed by atoms with E-state index in [1.165, 1.54) is 42.7 Å². The second-order valence-electron chi connectivity index (χ2n) is 8.00. The molecular weight excluding hydrogens is 531 g/mol. The van der Waals surface area contributed by atoms with E-state index < -0.39 is 29.9 Å². The summed E-state index contributed by atoms with van der Waals surface area (Å²) in [5.74, 6) is -1.65. The molecule has 3 N–H and O–H groups in total. The summed E-state index contributed by atoms with van der Waals surface area (Å²) in [6, 6.07) is 8.15. The zero-order valence-electron chi connectivity index (χ0n) is 19.7. The minimum Gasteiger partial charge on any atom is -0.406 e. The third-order valence-corrected chi connectivity index (χ3v) is 5.93. The highest BCUT2D eigenvalue weighted by Crippen LogP contribution is 2.28. The van der Waals surface area contributed by atoms with Gasteiger partial charge in [0.2, 0.25) is 0 Å². The minimum atomic E-state index is -4.87. The van der Waals surface area contributed by atoms with Gasteiger partial charge in [-0.05, 0) is 42.8 Å². The van der Waals surface area contributed by atoms with E-state index in [0.717, 1.165) is 16.1 Å². The summed E-state index contributed by atoms with van der Waals surface area (Å²) in [4.78, 5) is 21.7. The number of nitrogens with zero attached hydrogens (tertiary/aromatic N) is 3. The molecular formula is C24H19F5N6O2S. The molecule has 0 radical (unpaired) electrons. The van der Waals surface area contributed by atoms with Crippen LogP contribution in [0.1, 0.15) is 40.1 Å². The number of halogens is 5. The Morgan fingerprint density at radius 3 is 2.63 bits per heavy atom. The highest BCUT2D eigenvalue weighted by molar-refractivity contribution is 7.92. The number of fused-ring (bicyclic) bond motifs is 1. The van der Waals surface area contributed by atoms with E-state index in [0.29, 0.717) is 16.8 Å². The third kappa shape index (κ3) is 5.69. The van der Waals surface area contributed by atoms with E-state index in [1.807, 2.05) is 0 Å². The molecule has 14 heteroatoms. The predicted octanol–water partition coefficient (Wildman–Crippen LogP) is 5.80. The molecule has 198 valence electrons. The fourth-order valence-corrected chi connectivity index (χ4v) is 4.07. The molecule has 2 aromatic carbocycles. The molecule has 0 saturated carbocycles. The van der Waals surface area contributed by atoms with Crippen molar-refractivity contribution in [3.05, 3.63) is 83.1 Å². The Bertz CT molecular complexity index is 1520. The molecule has 0 saturated heterocycles. The first-order valence-corrected chi connectivity index (χ1v) is 11.6. The molecule has 38 heavy (non-hydrogen) atoms. The van der Waals surface area contributed by atoms with Gasteiger partial charge in [-0.2, -0.15) is 0 Å². The lowest BCUT2D eigenvalue weighted by molar-refractivity contribution is -0.274. The molecule has 1 unspecified atom stereocenters. The summed E-state index contributed by atoms with van der Waals surface area (Å²) in [6.07, 6.45) is -2.47. The van der Waals surface area contributed by atoms with Gasteiger partial charge < -0.3 is 15.4 Å². The van der Waals surface area contributed by atoms with Crippen LogP contribution in [-0.4, -0.2) is 39.0 Å². The lowest BCUT2D eigenvalue weighted by Crippen LogP contribution is -2.26. The number of hydrogen-bond donors (Lipinski definition) is 3. The normalized spacial score (nSPS) is 12.3. The summed E-state index contributed by atoms with van der Waals surface area (Å²) in [5.41, 5.74) is 0.833. The minimum absolute atomic E-state index is 0.00984. The first kappa shape index (κ1) is 26.9. The van der Waals surface area contributed by atoms with E-state index in [1.54, 1.807) is 14.0 Å². The van der Waals surface area contributed by atoms with Gasteiger partial charge in [-0.15, -0.1) is 17.1 Å². The van der Waals surface area contributed by atoms with Crippen molar-refractivity contribution in [2.45, 2.75) is 19.3 Å². The zero-order valence-corrected chi connectivity index (χ0v) is 20.5. The Balaban J connectivity index is 1.65. The highest BCUT2D eigenvalue weighted by atomic mass is 32.2. The maximum atomic E-state index is 13.6. The fourth-order valence-electron chi connectivity index (χ4n) is 3.72. The number of ether oxygens (including phenoxy) is 1. The van der Waals surface area contributed by atoms with Crippen LogP contribution < -0.4 is 15.4 Å². The second-order valence-corrected chi connectivity index (χ2v) is 8.53. The van der Waals surface area contributed by atoms with E-state index in [-0.39, 0.29) is 40.5 Å². The Morgan fingerprint density at radius 2 is 1.95 bits per heavy atom. The monoisotopic (exact) mass is 550 g/mol. The topological polar surface area (TPSA) is 105 Å². The van der Waals surface area contributed by atoms with Crippen molar-refractivity contribution in [2.24, 2.45) is 0 Å². The number of carbonyl (C=O) groups is 1. The number of benzene rings is 2. The van der Waals surface area contributed by atoms with E-state index in [2.05, 4.69) is 25.3 Å². The summed E-state index contributed by atoms with van der Waals surface area (Å²) in [7, 11) is 1.56. The molecule has 2 heterocycles. The Morgan fingerprint density at radius 1 is 1.18 bits per heavy atom. The second kappa shape index (κ2) is 10.7. The number of anilines is 1. The average Bonchev–Trinajstić information content (AvgIpc) is 3.25. The first-order valence-electron chi connectivity index (χ1n) is 10.9. The largest absolute Gasteiger partial charge is 0.573 e. The van der Waals surface area contributed by atoms with Gasteiger partial charge in [0, 0.05) is 24.5 Å². The van der Waals surface area contributed by atoms with Crippen LogP contribution in [0, 0.1) is 11.2 Å². The van der Waals surface area contributed by atoms with Crippen molar-refractivity contribution in [3.8, 4) is 5.75 Å². The van der Waals surface area contributed by atoms with Gasteiger partial charge in [-0.25, -0.2) is 18.3 Å². The highest BCUT2D eigenvalue weighted by Gasteiger charge is 2.31. The molecule has 0 spiro atoms. The standard InChI is InChI=1S/C24H19F5N6O2S/c1-12(13-4-3-5-15(8-13)37-24(26,27)28)33-23(36)17-11-35(38-29)22-21(17)34-19(10-32-22)20(30)16-7-6-14(25)9-18(16)31-2/h3-12,30-31H,1-2H3,(H,33,36). The molecule has 4 rings (SSSR count). The molecule has 0 aliphatic carbocycles. The molecule has 1 atom stereocenters. The smallest absolute Gasteiger partial charge is 0.406 e. The summed E-state index contributed by atoms with van der Waals surface area (Å²) in [6.45, 7) is 1.55. The summed E-state index contributed by atoms with van der Waals surface area (Å²) >= 11 is -0.217. The maximum absolute atomic E-state index is 13.6. The van der Waals surface area contributed by atoms with Crippen LogP contribution in [0.5, 0.6) is 5.75 Å². The number of rotatable bonds is 8. The molecule has 1 amide bonds. The average molecular weight is 551 g/mol. The molecule has 0 aliphatic heterocycles. The number of nitrogens with one attached hydrogen (secondary N) is 3. The number of aromatic nitrogens is 3. The fraction of sp³-hybridized carbons (Fsp3) is 0.167. The van der Waals surface area contributed by atoms with E-state index >= 15 is 0 Å². The third-order valence-electron chi connectivity index (χ3n) is 5.50. The quantitative estimate of drug-likeness (QED) is 0.189. The van der Waals surface area contributed by atoms with Crippen molar-refractivity contribution in [3.63, 3.8) is 0 Å². The molecule has 0 aliphatic rings. The van der Waals surface area contributed by atoms with Gasteiger partial charge in [0.05, 0.1) is 23.5 Å². The Hall–Kier alpha value is -4.20. The van der Waals surface area contributed by atoms with E-state index in [9.17, 15) is 26.2 Å². The predicted molar refractivity (Wildman–Crippen MR) is 133 cm³/mol.